The molecule has 0 spiro atoms. The van der Waals surface area contributed by atoms with E-state index in [0.29, 0.717) is 24.4 Å². The lowest BCUT2D eigenvalue weighted by atomic mass is 9.73. The van der Waals surface area contributed by atoms with E-state index >= 15 is 0 Å². The van der Waals surface area contributed by atoms with Gasteiger partial charge in [0.1, 0.15) is 0 Å². The van der Waals surface area contributed by atoms with Gasteiger partial charge in [-0.2, -0.15) is 0 Å². The van der Waals surface area contributed by atoms with Crippen molar-refractivity contribution in [2.24, 2.45) is 23.2 Å². The predicted molar refractivity (Wildman–Crippen MR) is 144 cm³/mol. The smallest absolute Gasteiger partial charge is 0.0855 e. The molecule has 1 atom stereocenters. The number of ether oxygens (including phenoxy) is 2. The maximum Gasteiger partial charge on any atom is 0.0855 e. The lowest BCUT2D eigenvalue weighted by Gasteiger charge is -2.42. The Morgan fingerprint density at radius 3 is 1.88 bits per heavy atom. The summed E-state index contributed by atoms with van der Waals surface area (Å²) in [6, 6.07) is 0. The van der Waals surface area contributed by atoms with E-state index in [4.69, 9.17) is 9.47 Å². The van der Waals surface area contributed by atoms with Gasteiger partial charge in [-0.3, -0.25) is 0 Å². The third-order valence-electron chi connectivity index (χ3n) is 8.05. The molecule has 0 fully saturated rings. The first-order chi connectivity index (χ1) is 15.1. The normalized spacial score (nSPS) is 15.4. The average molecular weight is 480 g/mol. The van der Waals surface area contributed by atoms with E-state index in [1.54, 1.807) is 0 Å². The van der Waals surface area contributed by atoms with Crippen molar-refractivity contribution in [3.8, 4) is 0 Å². The predicted octanol–water partition coefficient (Wildman–Crippen LogP) is 7.68. The van der Waals surface area contributed by atoms with E-state index in [1.807, 2.05) is 4.68 Å². The van der Waals surface area contributed by atoms with Gasteiger partial charge >= 0.3 is 0 Å². The first-order valence-electron chi connectivity index (χ1n) is 13.4. The summed E-state index contributed by atoms with van der Waals surface area (Å²) in [4.78, 5) is 0. The lowest BCUT2D eigenvalue weighted by Crippen LogP contribution is -2.42. The Bertz CT molecular complexity index is 757. The zero-order valence-electron chi connectivity index (χ0n) is 25.3. The first-order valence-corrected chi connectivity index (χ1v) is 13.4. The van der Waals surface area contributed by atoms with Crippen LogP contribution in [-0.2, 0) is 21.4 Å². The Hall–Kier alpha value is -0.940. The standard InChI is InChI=1S/C29H57N3O2/c1-21(2)23(5)29(14,15)32-19-24(30-31-32)18-27(10,11)33-17-16-26(8,9)34-28(12,13)20-25(6,7)22(3)4/h19,21-23H,16-18,20H2,1-15H3. The van der Waals surface area contributed by atoms with Gasteiger partial charge in [-0.25, -0.2) is 4.68 Å². The molecule has 1 aromatic heterocycles. The molecule has 1 aromatic rings. The van der Waals surface area contributed by atoms with E-state index in [9.17, 15) is 0 Å². The maximum atomic E-state index is 6.62. The van der Waals surface area contributed by atoms with Crippen LogP contribution in [0.5, 0.6) is 0 Å². The second kappa shape index (κ2) is 11.0. The molecule has 0 amide bonds. The molecule has 0 radical (unpaired) electrons. The Balaban J connectivity index is 2.69. The number of nitrogens with zero attached hydrogens (tertiary/aromatic N) is 3. The summed E-state index contributed by atoms with van der Waals surface area (Å²) >= 11 is 0. The Morgan fingerprint density at radius 2 is 1.38 bits per heavy atom. The second-order valence-corrected chi connectivity index (χ2v) is 14.3. The van der Waals surface area contributed by atoms with Crippen molar-refractivity contribution >= 4 is 0 Å². The number of hydrogen-bond donors (Lipinski definition) is 0. The maximum absolute atomic E-state index is 6.62. The summed E-state index contributed by atoms with van der Waals surface area (Å²) in [6.07, 6.45) is 4.69. The van der Waals surface area contributed by atoms with Crippen LogP contribution >= 0.6 is 0 Å². The van der Waals surface area contributed by atoms with Gasteiger partial charge in [-0.05, 0) is 91.4 Å². The molecule has 0 saturated heterocycles. The van der Waals surface area contributed by atoms with Gasteiger partial charge in [0.15, 0.2) is 0 Å². The minimum absolute atomic E-state index is 0.0806. The molecule has 0 saturated carbocycles. The molecule has 0 bridgehead atoms. The lowest BCUT2D eigenvalue weighted by molar-refractivity contribution is -0.154. The zero-order chi connectivity index (χ0) is 26.8. The summed E-state index contributed by atoms with van der Waals surface area (Å²) in [6.45, 7) is 34.3. The molecule has 0 N–H and O–H groups in total. The topological polar surface area (TPSA) is 49.2 Å². The molecule has 0 aromatic carbocycles. The zero-order valence-corrected chi connectivity index (χ0v) is 25.3. The fraction of sp³-hybridized carbons (Fsp3) is 0.931. The van der Waals surface area contributed by atoms with Gasteiger partial charge in [-0.15, -0.1) is 5.10 Å². The van der Waals surface area contributed by atoms with Crippen molar-refractivity contribution in [2.75, 3.05) is 6.61 Å². The molecular weight excluding hydrogens is 422 g/mol. The average Bonchev–Trinajstić information content (AvgIpc) is 3.06. The Morgan fingerprint density at radius 1 is 0.824 bits per heavy atom. The van der Waals surface area contributed by atoms with Crippen molar-refractivity contribution < 1.29 is 9.47 Å². The van der Waals surface area contributed by atoms with Crippen LogP contribution < -0.4 is 0 Å². The summed E-state index contributed by atoms with van der Waals surface area (Å²) < 4.78 is 15.0. The first kappa shape index (κ1) is 31.1. The van der Waals surface area contributed by atoms with Crippen molar-refractivity contribution in [3.63, 3.8) is 0 Å². The summed E-state index contributed by atoms with van der Waals surface area (Å²) in [5.74, 6) is 1.68. The van der Waals surface area contributed by atoms with E-state index < -0.39 is 0 Å². The highest BCUT2D eigenvalue weighted by Gasteiger charge is 2.36. The third-order valence-corrected chi connectivity index (χ3v) is 8.05. The minimum atomic E-state index is -0.320. The van der Waals surface area contributed by atoms with Crippen LogP contribution in [-0.4, -0.2) is 38.4 Å². The number of rotatable bonds is 14. The van der Waals surface area contributed by atoms with Crippen molar-refractivity contribution in [3.05, 3.63) is 11.9 Å². The number of aromatic nitrogens is 3. The summed E-state index contributed by atoms with van der Waals surface area (Å²) in [7, 11) is 0. The molecule has 0 aliphatic rings. The van der Waals surface area contributed by atoms with Crippen LogP contribution in [0.1, 0.15) is 122 Å². The van der Waals surface area contributed by atoms with Crippen molar-refractivity contribution in [2.45, 2.75) is 145 Å². The molecule has 0 aliphatic heterocycles. The quantitative estimate of drug-likeness (QED) is 0.274. The van der Waals surface area contributed by atoms with Crippen LogP contribution in [0.4, 0.5) is 0 Å². The minimum Gasteiger partial charge on any atom is -0.375 e. The molecule has 5 heteroatoms. The van der Waals surface area contributed by atoms with Crippen molar-refractivity contribution in [1.82, 2.24) is 15.0 Å². The van der Waals surface area contributed by atoms with Crippen LogP contribution in [0, 0.1) is 23.2 Å². The molecular formula is C29H57N3O2. The third kappa shape index (κ3) is 9.26. The van der Waals surface area contributed by atoms with Crippen LogP contribution in [0.3, 0.4) is 0 Å². The molecule has 1 heterocycles. The van der Waals surface area contributed by atoms with Gasteiger partial charge in [0, 0.05) is 12.6 Å². The van der Waals surface area contributed by atoms with Crippen molar-refractivity contribution in [1.29, 1.82) is 0 Å². The summed E-state index contributed by atoms with van der Waals surface area (Å²) in [5, 5.41) is 8.94. The fourth-order valence-corrected chi connectivity index (χ4v) is 4.88. The Labute approximate surface area is 211 Å². The Kier molecular flexibility index (Phi) is 10.0. The SMILES string of the molecule is CC(C)C(C)C(C)(C)n1cc(CC(C)(C)OCCC(C)(C)OC(C)(C)CC(C)(C)C(C)C)nn1. The van der Waals surface area contributed by atoms with E-state index in [1.165, 1.54) is 0 Å². The molecule has 34 heavy (non-hydrogen) atoms. The molecule has 1 rings (SSSR count). The number of hydrogen-bond acceptors (Lipinski definition) is 4. The van der Waals surface area contributed by atoms with Crippen LogP contribution in [0.15, 0.2) is 6.20 Å². The highest BCUT2D eigenvalue weighted by atomic mass is 16.5. The molecule has 200 valence electrons. The van der Waals surface area contributed by atoms with E-state index in [-0.39, 0.29) is 27.8 Å². The monoisotopic (exact) mass is 479 g/mol. The van der Waals surface area contributed by atoms with Crippen LogP contribution in [0.25, 0.3) is 0 Å². The van der Waals surface area contributed by atoms with E-state index in [0.717, 1.165) is 25.0 Å². The molecule has 1 unspecified atom stereocenters. The van der Waals surface area contributed by atoms with Gasteiger partial charge in [0.05, 0.1) is 34.6 Å². The summed E-state index contributed by atoms with van der Waals surface area (Å²) in [5.41, 5.74) is 0.360. The second-order valence-electron chi connectivity index (χ2n) is 14.3. The van der Waals surface area contributed by atoms with E-state index in [2.05, 4.69) is 120 Å². The van der Waals surface area contributed by atoms with Gasteiger partial charge in [0.25, 0.3) is 0 Å². The van der Waals surface area contributed by atoms with Gasteiger partial charge in [-0.1, -0.05) is 53.7 Å². The fourth-order valence-electron chi connectivity index (χ4n) is 4.88. The molecule has 0 aliphatic carbocycles. The van der Waals surface area contributed by atoms with Gasteiger partial charge in [0.2, 0.25) is 0 Å². The van der Waals surface area contributed by atoms with Crippen LogP contribution in [0.2, 0.25) is 0 Å². The highest BCUT2D eigenvalue weighted by molar-refractivity contribution is 5.00. The van der Waals surface area contributed by atoms with Gasteiger partial charge < -0.3 is 9.47 Å². The largest absolute Gasteiger partial charge is 0.375 e. The highest BCUT2D eigenvalue weighted by Crippen LogP contribution is 2.39. The molecule has 5 nitrogen and oxygen atoms in total.